The summed E-state index contributed by atoms with van der Waals surface area (Å²) in [6.45, 7) is 2.26. The number of rotatable bonds is 5. The lowest BCUT2D eigenvalue weighted by Gasteiger charge is -2.15. The molecule has 5 nitrogen and oxygen atoms in total. The first kappa shape index (κ1) is 13.4. The molecule has 0 saturated carbocycles. The molecule has 1 amide bonds. The molecule has 1 atom stereocenters. The van der Waals surface area contributed by atoms with E-state index in [0.717, 1.165) is 5.69 Å². The van der Waals surface area contributed by atoms with E-state index in [1.165, 1.54) is 6.08 Å². The number of hydrogen-bond acceptors (Lipinski definition) is 3. The zero-order chi connectivity index (χ0) is 12.8. The third-order valence-electron chi connectivity index (χ3n) is 2.51. The highest BCUT2D eigenvalue weighted by atomic mass is 16.3. The molecule has 1 aromatic rings. The number of likely N-dealkylation sites (N-methyl/N-ethyl adjacent to an activating group) is 1. The van der Waals surface area contributed by atoms with E-state index in [9.17, 15) is 4.79 Å². The molecular formula is C12H19N3O2. The number of carbonyl (C=O) groups excluding carboxylic acids is 1. The van der Waals surface area contributed by atoms with E-state index < -0.39 is 0 Å². The SMILES string of the molecule is CC(O)CCN(C)C(=O)/C=C/c1ccnn1C. The fourth-order valence-electron chi connectivity index (χ4n) is 1.32. The predicted molar refractivity (Wildman–Crippen MR) is 66.2 cm³/mol. The Balaban J connectivity index is 2.48. The van der Waals surface area contributed by atoms with Crippen LogP contribution in [0.1, 0.15) is 19.0 Å². The Morgan fingerprint density at radius 1 is 1.71 bits per heavy atom. The summed E-state index contributed by atoms with van der Waals surface area (Å²) >= 11 is 0. The zero-order valence-corrected chi connectivity index (χ0v) is 10.5. The third-order valence-corrected chi connectivity index (χ3v) is 2.51. The molecular weight excluding hydrogens is 218 g/mol. The van der Waals surface area contributed by atoms with Crippen LogP contribution in [0.25, 0.3) is 6.08 Å². The third kappa shape index (κ3) is 4.40. The van der Waals surface area contributed by atoms with Crippen LogP contribution in [0.3, 0.4) is 0 Å². The highest BCUT2D eigenvalue weighted by molar-refractivity contribution is 5.91. The van der Waals surface area contributed by atoms with Gasteiger partial charge in [-0.3, -0.25) is 9.48 Å². The monoisotopic (exact) mass is 237 g/mol. The first-order valence-electron chi connectivity index (χ1n) is 5.60. The molecule has 1 rings (SSSR count). The number of nitrogens with zero attached hydrogens (tertiary/aromatic N) is 3. The molecule has 0 aromatic carbocycles. The summed E-state index contributed by atoms with van der Waals surface area (Å²) in [5, 5.41) is 13.1. The number of aromatic nitrogens is 2. The van der Waals surface area contributed by atoms with Gasteiger partial charge >= 0.3 is 0 Å². The zero-order valence-electron chi connectivity index (χ0n) is 10.5. The van der Waals surface area contributed by atoms with Crippen molar-refractivity contribution in [2.75, 3.05) is 13.6 Å². The molecule has 1 heterocycles. The fourth-order valence-corrected chi connectivity index (χ4v) is 1.32. The van der Waals surface area contributed by atoms with Crippen molar-refractivity contribution in [2.24, 2.45) is 7.05 Å². The average molecular weight is 237 g/mol. The molecule has 0 fully saturated rings. The van der Waals surface area contributed by atoms with Crippen LogP contribution in [0.15, 0.2) is 18.3 Å². The highest BCUT2D eigenvalue weighted by Crippen LogP contribution is 2.01. The van der Waals surface area contributed by atoms with E-state index in [1.807, 2.05) is 13.1 Å². The van der Waals surface area contributed by atoms with Crippen LogP contribution in [0, 0.1) is 0 Å². The number of aryl methyl sites for hydroxylation is 1. The molecule has 5 heteroatoms. The van der Waals surface area contributed by atoms with Gasteiger partial charge in [-0.05, 0) is 25.5 Å². The Morgan fingerprint density at radius 2 is 2.41 bits per heavy atom. The molecule has 0 radical (unpaired) electrons. The maximum Gasteiger partial charge on any atom is 0.246 e. The van der Waals surface area contributed by atoms with E-state index in [0.29, 0.717) is 13.0 Å². The molecule has 0 aliphatic carbocycles. The second-order valence-electron chi connectivity index (χ2n) is 4.11. The van der Waals surface area contributed by atoms with E-state index >= 15 is 0 Å². The molecule has 1 unspecified atom stereocenters. The Labute approximate surface area is 101 Å². The van der Waals surface area contributed by atoms with E-state index in [-0.39, 0.29) is 12.0 Å². The maximum absolute atomic E-state index is 11.7. The normalized spacial score (nSPS) is 12.9. The van der Waals surface area contributed by atoms with Crippen LogP contribution in [0.4, 0.5) is 0 Å². The number of amides is 1. The molecule has 1 aromatic heterocycles. The smallest absolute Gasteiger partial charge is 0.246 e. The van der Waals surface area contributed by atoms with Crippen LogP contribution in [-0.4, -0.2) is 45.4 Å². The van der Waals surface area contributed by atoms with Crippen molar-refractivity contribution in [1.82, 2.24) is 14.7 Å². The molecule has 0 aliphatic heterocycles. The summed E-state index contributed by atoms with van der Waals surface area (Å²) in [5.41, 5.74) is 0.877. The van der Waals surface area contributed by atoms with Crippen molar-refractivity contribution in [3.63, 3.8) is 0 Å². The number of aliphatic hydroxyl groups is 1. The summed E-state index contributed by atoms with van der Waals surface area (Å²) in [5.74, 6) is -0.0770. The van der Waals surface area contributed by atoms with Gasteiger partial charge in [0.2, 0.25) is 5.91 Å². The fraction of sp³-hybridized carbons (Fsp3) is 0.500. The van der Waals surface area contributed by atoms with Crippen LogP contribution in [0.5, 0.6) is 0 Å². The maximum atomic E-state index is 11.7. The van der Waals surface area contributed by atoms with Gasteiger partial charge in [0, 0.05) is 32.9 Å². The van der Waals surface area contributed by atoms with Crippen molar-refractivity contribution in [2.45, 2.75) is 19.4 Å². The van der Waals surface area contributed by atoms with E-state index in [1.54, 1.807) is 35.8 Å². The van der Waals surface area contributed by atoms with Crippen LogP contribution in [-0.2, 0) is 11.8 Å². The lowest BCUT2D eigenvalue weighted by molar-refractivity contribution is -0.124. The van der Waals surface area contributed by atoms with Crippen molar-refractivity contribution in [3.05, 3.63) is 24.0 Å². The summed E-state index contributed by atoms with van der Waals surface area (Å²) in [6, 6.07) is 1.83. The van der Waals surface area contributed by atoms with Gasteiger partial charge in [-0.1, -0.05) is 0 Å². The molecule has 1 N–H and O–H groups in total. The number of carbonyl (C=O) groups is 1. The van der Waals surface area contributed by atoms with Gasteiger partial charge in [-0.15, -0.1) is 0 Å². The Kier molecular flexibility index (Phi) is 4.90. The highest BCUT2D eigenvalue weighted by Gasteiger charge is 2.06. The Bertz CT molecular complexity index is 396. The van der Waals surface area contributed by atoms with Gasteiger partial charge in [0.1, 0.15) is 0 Å². The van der Waals surface area contributed by atoms with Gasteiger partial charge in [0.05, 0.1) is 11.8 Å². The van der Waals surface area contributed by atoms with Crippen molar-refractivity contribution < 1.29 is 9.90 Å². The van der Waals surface area contributed by atoms with Gasteiger partial charge in [-0.25, -0.2) is 0 Å². The van der Waals surface area contributed by atoms with Crippen molar-refractivity contribution in [1.29, 1.82) is 0 Å². The minimum absolute atomic E-state index is 0.0770. The number of aliphatic hydroxyl groups excluding tert-OH is 1. The molecule has 0 aliphatic rings. The Hall–Kier alpha value is -1.62. The van der Waals surface area contributed by atoms with Crippen LogP contribution >= 0.6 is 0 Å². The predicted octanol–water partition coefficient (Wildman–Crippen LogP) is 0.663. The van der Waals surface area contributed by atoms with Gasteiger partial charge in [0.25, 0.3) is 0 Å². The quantitative estimate of drug-likeness (QED) is 0.765. The molecule has 17 heavy (non-hydrogen) atoms. The molecule has 0 saturated heterocycles. The summed E-state index contributed by atoms with van der Waals surface area (Å²) < 4.78 is 1.69. The average Bonchev–Trinajstić information content (AvgIpc) is 2.68. The van der Waals surface area contributed by atoms with Crippen molar-refractivity contribution >= 4 is 12.0 Å². The van der Waals surface area contributed by atoms with Crippen molar-refractivity contribution in [3.8, 4) is 0 Å². The van der Waals surface area contributed by atoms with Crippen LogP contribution < -0.4 is 0 Å². The summed E-state index contributed by atoms with van der Waals surface area (Å²) in [7, 11) is 3.54. The van der Waals surface area contributed by atoms with Gasteiger partial charge in [-0.2, -0.15) is 5.10 Å². The lowest BCUT2D eigenvalue weighted by Crippen LogP contribution is -2.27. The minimum Gasteiger partial charge on any atom is -0.393 e. The standard InChI is InChI=1S/C12H19N3O2/c1-10(16)7-9-14(2)12(17)5-4-11-6-8-13-15(11)3/h4-6,8,10,16H,7,9H2,1-3H3/b5-4+. The number of hydrogen-bond donors (Lipinski definition) is 1. The van der Waals surface area contributed by atoms with Gasteiger partial charge in [0.15, 0.2) is 0 Å². The molecule has 0 bridgehead atoms. The topological polar surface area (TPSA) is 58.4 Å². The van der Waals surface area contributed by atoms with E-state index in [4.69, 9.17) is 5.11 Å². The largest absolute Gasteiger partial charge is 0.393 e. The first-order valence-corrected chi connectivity index (χ1v) is 5.60. The summed E-state index contributed by atoms with van der Waals surface area (Å²) in [6.07, 6.45) is 5.13. The second-order valence-corrected chi connectivity index (χ2v) is 4.11. The van der Waals surface area contributed by atoms with Gasteiger partial charge < -0.3 is 10.0 Å². The lowest BCUT2D eigenvalue weighted by atomic mass is 10.2. The molecule has 0 spiro atoms. The minimum atomic E-state index is -0.383. The first-order chi connectivity index (χ1) is 8.00. The van der Waals surface area contributed by atoms with Crippen LogP contribution in [0.2, 0.25) is 0 Å². The second kappa shape index (κ2) is 6.20. The van der Waals surface area contributed by atoms with E-state index in [2.05, 4.69) is 5.10 Å². The molecule has 94 valence electrons. The summed E-state index contributed by atoms with van der Waals surface area (Å²) in [4.78, 5) is 13.3. The Morgan fingerprint density at radius 3 is 2.94 bits per heavy atom.